The Hall–Kier alpha value is -2.86. The van der Waals surface area contributed by atoms with Gasteiger partial charge in [0.05, 0.1) is 0 Å². The molecule has 0 heteroatoms. The Morgan fingerprint density at radius 3 is 1.75 bits per heavy atom. The molecule has 0 spiro atoms. The number of hydrogen-bond acceptors (Lipinski definition) is 0. The SMILES string of the molecule is CC(C)(C)C1=C(c2ccccc2)C(c2ccccc2-c2ccccc2)=C[CH]C1. The predicted octanol–water partition coefficient (Wildman–Crippen LogP) is 7.84. The van der Waals surface area contributed by atoms with Crippen molar-refractivity contribution in [1.29, 1.82) is 0 Å². The van der Waals surface area contributed by atoms with Crippen LogP contribution in [0.2, 0.25) is 0 Å². The van der Waals surface area contributed by atoms with E-state index in [-0.39, 0.29) is 5.41 Å². The topological polar surface area (TPSA) is 0 Å². The second-order valence-corrected chi connectivity index (χ2v) is 8.40. The highest BCUT2D eigenvalue weighted by Crippen LogP contribution is 2.46. The molecular weight excluding hydrogens is 336 g/mol. The molecule has 0 saturated carbocycles. The quantitative estimate of drug-likeness (QED) is 0.444. The lowest BCUT2D eigenvalue weighted by molar-refractivity contribution is 0.493. The number of rotatable bonds is 3. The third-order valence-corrected chi connectivity index (χ3v) is 5.45. The maximum absolute atomic E-state index is 2.32. The van der Waals surface area contributed by atoms with Crippen LogP contribution in [-0.2, 0) is 0 Å². The van der Waals surface area contributed by atoms with E-state index in [4.69, 9.17) is 0 Å². The monoisotopic (exact) mass is 363 g/mol. The van der Waals surface area contributed by atoms with Gasteiger partial charge < -0.3 is 0 Å². The molecule has 28 heavy (non-hydrogen) atoms. The molecule has 1 aliphatic carbocycles. The van der Waals surface area contributed by atoms with Gasteiger partial charge in [0.15, 0.2) is 0 Å². The van der Waals surface area contributed by atoms with Crippen molar-refractivity contribution in [3.05, 3.63) is 114 Å². The van der Waals surface area contributed by atoms with E-state index < -0.39 is 0 Å². The minimum absolute atomic E-state index is 0.114. The molecule has 0 bridgehead atoms. The van der Waals surface area contributed by atoms with Crippen LogP contribution >= 0.6 is 0 Å². The van der Waals surface area contributed by atoms with Crippen LogP contribution in [0.5, 0.6) is 0 Å². The van der Waals surface area contributed by atoms with E-state index in [2.05, 4.69) is 118 Å². The lowest BCUT2D eigenvalue weighted by Gasteiger charge is -2.32. The Balaban J connectivity index is 1.95. The van der Waals surface area contributed by atoms with Crippen molar-refractivity contribution in [2.24, 2.45) is 5.41 Å². The van der Waals surface area contributed by atoms with Crippen LogP contribution in [0.4, 0.5) is 0 Å². The fraction of sp³-hybridized carbons (Fsp3) is 0.179. The van der Waals surface area contributed by atoms with Crippen molar-refractivity contribution < 1.29 is 0 Å². The summed E-state index contributed by atoms with van der Waals surface area (Å²) in [4.78, 5) is 0. The highest BCUT2D eigenvalue weighted by Gasteiger charge is 2.27. The van der Waals surface area contributed by atoms with E-state index in [1.807, 2.05) is 0 Å². The molecule has 1 radical (unpaired) electrons. The Morgan fingerprint density at radius 1 is 0.607 bits per heavy atom. The number of allylic oxidation sites excluding steroid dienone is 4. The summed E-state index contributed by atoms with van der Waals surface area (Å²) in [6.07, 6.45) is 5.65. The molecule has 0 aromatic heterocycles. The van der Waals surface area contributed by atoms with Gasteiger partial charge in [0.2, 0.25) is 0 Å². The molecule has 0 aliphatic heterocycles. The zero-order valence-corrected chi connectivity index (χ0v) is 16.9. The summed E-state index contributed by atoms with van der Waals surface area (Å²) in [5, 5.41) is 0. The standard InChI is InChI=1S/C28H27/c1-28(2,3)26-20-12-19-25(27(26)22-15-8-5-9-16-22)24-18-11-10-17-23(24)21-13-6-4-7-14-21/h4-19H,20H2,1-3H3. The highest BCUT2D eigenvalue weighted by atomic mass is 14.3. The zero-order chi connectivity index (χ0) is 19.6. The van der Waals surface area contributed by atoms with E-state index in [1.54, 1.807) is 0 Å². The molecule has 0 fully saturated rings. The smallest absolute Gasteiger partial charge is 0.0102 e. The van der Waals surface area contributed by atoms with Crippen LogP contribution in [0.25, 0.3) is 22.3 Å². The molecule has 4 rings (SSSR count). The van der Waals surface area contributed by atoms with Crippen LogP contribution in [-0.4, -0.2) is 0 Å². The summed E-state index contributed by atoms with van der Waals surface area (Å²) >= 11 is 0. The predicted molar refractivity (Wildman–Crippen MR) is 122 cm³/mol. The molecule has 1 aliphatic rings. The first-order valence-corrected chi connectivity index (χ1v) is 10.0. The fourth-order valence-corrected chi connectivity index (χ4v) is 4.07. The molecule has 0 unspecified atom stereocenters. The Bertz CT molecular complexity index is 1010. The minimum atomic E-state index is 0.114. The molecular formula is C28H27. The van der Waals surface area contributed by atoms with Gasteiger partial charge in [0, 0.05) is 0 Å². The fourth-order valence-electron chi connectivity index (χ4n) is 4.07. The van der Waals surface area contributed by atoms with Crippen LogP contribution in [0, 0.1) is 11.8 Å². The van der Waals surface area contributed by atoms with E-state index in [9.17, 15) is 0 Å². The molecule has 0 atom stereocenters. The second-order valence-electron chi connectivity index (χ2n) is 8.40. The Kier molecular flexibility index (Phi) is 5.05. The Morgan fingerprint density at radius 2 is 1.14 bits per heavy atom. The Labute approximate surface area is 169 Å². The van der Waals surface area contributed by atoms with Gasteiger partial charge in [-0.05, 0) is 51.7 Å². The van der Waals surface area contributed by atoms with Crippen molar-refractivity contribution in [2.75, 3.05) is 0 Å². The van der Waals surface area contributed by atoms with Crippen LogP contribution in [0.1, 0.15) is 38.3 Å². The largest absolute Gasteiger partial charge is 0.0720 e. The number of hydrogen-bond donors (Lipinski definition) is 0. The van der Waals surface area contributed by atoms with Gasteiger partial charge in [-0.3, -0.25) is 0 Å². The molecule has 139 valence electrons. The highest BCUT2D eigenvalue weighted by molar-refractivity contribution is 6.10. The van der Waals surface area contributed by atoms with E-state index in [0.29, 0.717) is 0 Å². The van der Waals surface area contributed by atoms with Crippen LogP contribution in [0.3, 0.4) is 0 Å². The normalized spacial score (nSPS) is 14.8. The average Bonchev–Trinajstić information content (AvgIpc) is 2.74. The van der Waals surface area contributed by atoms with Crippen molar-refractivity contribution in [3.63, 3.8) is 0 Å². The second kappa shape index (κ2) is 7.64. The summed E-state index contributed by atoms with van der Waals surface area (Å²) in [5.74, 6) is 0. The molecule has 0 amide bonds. The minimum Gasteiger partial charge on any atom is -0.0720 e. The van der Waals surface area contributed by atoms with Crippen molar-refractivity contribution in [3.8, 4) is 11.1 Å². The first kappa shape index (κ1) is 18.5. The molecule has 0 N–H and O–H groups in total. The molecule has 3 aromatic carbocycles. The van der Waals surface area contributed by atoms with E-state index in [1.165, 1.54) is 39.0 Å². The lowest BCUT2D eigenvalue weighted by atomic mass is 9.72. The molecule has 3 aromatic rings. The molecule has 0 heterocycles. The van der Waals surface area contributed by atoms with Gasteiger partial charge in [-0.2, -0.15) is 0 Å². The van der Waals surface area contributed by atoms with Gasteiger partial charge in [0.25, 0.3) is 0 Å². The average molecular weight is 364 g/mol. The molecule has 0 nitrogen and oxygen atoms in total. The van der Waals surface area contributed by atoms with Crippen molar-refractivity contribution >= 4 is 11.1 Å². The molecule has 0 saturated heterocycles. The summed E-state index contributed by atoms with van der Waals surface area (Å²) < 4.78 is 0. The van der Waals surface area contributed by atoms with E-state index >= 15 is 0 Å². The lowest BCUT2D eigenvalue weighted by Crippen LogP contribution is -2.15. The van der Waals surface area contributed by atoms with Gasteiger partial charge in [-0.1, -0.05) is 117 Å². The van der Waals surface area contributed by atoms with E-state index in [0.717, 1.165) is 6.42 Å². The van der Waals surface area contributed by atoms with Gasteiger partial charge in [-0.15, -0.1) is 0 Å². The van der Waals surface area contributed by atoms with Crippen molar-refractivity contribution in [1.82, 2.24) is 0 Å². The van der Waals surface area contributed by atoms with Crippen LogP contribution < -0.4 is 0 Å². The first-order chi connectivity index (χ1) is 13.6. The number of benzene rings is 3. The van der Waals surface area contributed by atoms with Crippen LogP contribution in [0.15, 0.2) is 96.6 Å². The van der Waals surface area contributed by atoms with Gasteiger partial charge in [0.1, 0.15) is 0 Å². The third kappa shape index (κ3) is 3.60. The third-order valence-electron chi connectivity index (χ3n) is 5.45. The zero-order valence-electron chi connectivity index (χ0n) is 16.9. The first-order valence-electron chi connectivity index (χ1n) is 10.0. The summed E-state index contributed by atoms with van der Waals surface area (Å²) in [7, 11) is 0. The van der Waals surface area contributed by atoms with Gasteiger partial charge in [-0.25, -0.2) is 0 Å². The van der Waals surface area contributed by atoms with Gasteiger partial charge >= 0.3 is 0 Å². The maximum Gasteiger partial charge on any atom is -0.0102 e. The summed E-state index contributed by atoms with van der Waals surface area (Å²) in [6.45, 7) is 6.97. The summed E-state index contributed by atoms with van der Waals surface area (Å²) in [6, 6.07) is 30.3. The summed E-state index contributed by atoms with van der Waals surface area (Å²) in [5.41, 5.74) is 9.46. The maximum atomic E-state index is 2.32. The van der Waals surface area contributed by atoms with Crippen molar-refractivity contribution in [2.45, 2.75) is 27.2 Å².